The van der Waals surface area contributed by atoms with Crippen LogP contribution in [0.5, 0.6) is 0 Å². The van der Waals surface area contributed by atoms with E-state index in [1.54, 1.807) is 11.3 Å². The zero-order valence-corrected chi connectivity index (χ0v) is 13.8. The van der Waals surface area contributed by atoms with Gasteiger partial charge in [0.05, 0.1) is 5.60 Å². The Hall–Kier alpha value is -0.640. The van der Waals surface area contributed by atoms with Crippen LogP contribution in [-0.2, 0) is 6.42 Å². The summed E-state index contributed by atoms with van der Waals surface area (Å²) in [6.45, 7) is 0. The van der Waals surface area contributed by atoms with Gasteiger partial charge in [0.2, 0.25) is 0 Å². The van der Waals surface area contributed by atoms with Crippen LogP contribution in [0.4, 0.5) is 0 Å². The minimum absolute atomic E-state index is 0.515. The van der Waals surface area contributed by atoms with Gasteiger partial charge >= 0.3 is 0 Å². The summed E-state index contributed by atoms with van der Waals surface area (Å²) in [6, 6.07) is 12.8. The van der Waals surface area contributed by atoms with E-state index in [-0.39, 0.29) is 0 Å². The van der Waals surface area contributed by atoms with Crippen molar-refractivity contribution in [2.24, 2.45) is 0 Å². The number of halogens is 1. The van der Waals surface area contributed by atoms with E-state index in [0.29, 0.717) is 5.92 Å². The molecule has 0 atom stereocenters. The molecule has 106 valence electrons. The van der Waals surface area contributed by atoms with Crippen LogP contribution < -0.4 is 0 Å². The van der Waals surface area contributed by atoms with E-state index < -0.39 is 5.60 Å². The van der Waals surface area contributed by atoms with Crippen molar-refractivity contribution in [1.82, 2.24) is 0 Å². The lowest BCUT2D eigenvalue weighted by atomic mass is 9.74. The minimum Gasteiger partial charge on any atom is -0.390 e. The third-order valence-electron chi connectivity index (χ3n) is 4.37. The zero-order chi connectivity index (χ0) is 14.0. The molecule has 1 saturated carbocycles. The summed E-state index contributed by atoms with van der Waals surface area (Å²) in [4.78, 5) is 1.27. The van der Waals surface area contributed by atoms with E-state index in [4.69, 9.17) is 0 Å². The van der Waals surface area contributed by atoms with Crippen LogP contribution in [0.15, 0.2) is 46.3 Å². The van der Waals surface area contributed by atoms with Gasteiger partial charge in [-0.25, -0.2) is 0 Å². The average Bonchev–Trinajstić information content (AvgIpc) is 2.85. The first-order chi connectivity index (χ1) is 9.66. The molecule has 1 aromatic carbocycles. The Morgan fingerprint density at radius 3 is 2.45 bits per heavy atom. The second kappa shape index (κ2) is 6.00. The van der Waals surface area contributed by atoms with Gasteiger partial charge in [0.1, 0.15) is 0 Å². The quantitative estimate of drug-likeness (QED) is 0.812. The van der Waals surface area contributed by atoms with Gasteiger partial charge in [-0.3, -0.25) is 0 Å². The maximum absolute atomic E-state index is 10.8. The number of hydrogen-bond acceptors (Lipinski definition) is 2. The highest BCUT2D eigenvalue weighted by molar-refractivity contribution is 9.10. The highest BCUT2D eigenvalue weighted by Gasteiger charge is 2.34. The van der Waals surface area contributed by atoms with Crippen LogP contribution in [0.2, 0.25) is 0 Å². The molecule has 1 aliphatic carbocycles. The average molecular weight is 351 g/mol. The summed E-state index contributed by atoms with van der Waals surface area (Å²) < 4.78 is 1.14. The lowest BCUT2D eigenvalue weighted by Crippen LogP contribution is -2.35. The molecule has 20 heavy (non-hydrogen) atoms. The Morgan fingerprint density at radius 2 is 1.85 bits per heavy atom. The molecule has 0 aliphatic heterocycles. The van der Waals surface area contributed by atoms with Crippen molar-refractivity contribution in [1.29, 1.82) is 0 Å². The standard InChI is InChI=1S/C17H19BrOS/c18-15-8-11-20-16(15)12-17(19)9-6-14(7-10-17)13-4-2-1-3-5-13/h1-5,8,11,14,19H,6-7,9-10,12H2. The summed E-state index contributed by atoms with van der Waals surface area (Å²) in [7, 11) is 0. The Bertz CT molecular complexity index is 555. The van der Waals surface area contributed by atoms with E-state index in [1.807, 2.05) is 0 Å². The predicted molar refractivity (Wildman–Crippen MR) is 88.3 cm³/mol. The van der Waals surface area contributed by atoms with E-state index in [1.165, 1.54) is 10.4 Å². The maximum Gasteiger partial charge on any atom is 0.0696 e. The van der Waals surface area contributed by atoms with Gasteiger partial charge in [0, 0.05) is 15.8 Å². The van der Waals surface area contributed by atoms with Gasteiger partial charge in [-0.2, -0.15) is 0 Å². The summed E-state index contributed by atoms with van der Waals surface area (Å²) in [5.41, 5.74) is 0.908. The highest BCUT2D eigenvalue weighted by atomic mass is 79.9. The highest BCUT2D eigenvalue weighted by Crippen LogP contribution is 2.40. The van der Waals surface area contributed by atoms with Gasteiger partial charge < -0.3 is 5.11 Å². The van der Waals surface area contributed by atoms with Gasteiger partial charge in [0.15, 0.2) is 0 Å². The fraction of sp³-hybridized carbons (Fsp3) is 0.412. The molecule has 3 heteroatoms. The minimum atomic E-state index is -0.515. The Labute approximate surface area is 132 Å². The van der Waals surface area contributed by atoms with E-state index in [2.05, 4.69) is 57.7 Å². The van der Waals surface area contributed by atoms with Crippen molar-refractivity contribution in [3.63, 3.8) is 0 Å². The van der Waals surface area contributed by atoms with Crippen LogP contribution >= 0.6 is 27.3 Å². The van der Waals surface area contributed by atoms with Crippen LogP contribution in [0.25, 0.3) is 0 Å². The first kappa shape index (κ1) is 14.3. The molecule has 0 radical (unpaired) electrons. The number of hydrogen-bond donors (Lipinski definition) is 1. The molecule has 0 saturated heterocycles. The second-order valence-electron chi connectivity index (χ2n) is 5.78. The summed E-state index contributed by atoms with van der Waals surface area (Å²) in [5, 5.41) is 12.9. The zero-order valence-electron chi connectivity index (χ0n) is 11.4. The molecule has 1 heterocycles. The number of thiophene rings is 1. The fourth-order valence-electron chi connectivity index (χ4n) is 3.14. The molecule has 1 N–H and O–H groups in total. The van der Waals surface area contributed by atoms with E-state index >= 15 is 0 Å². The molecule has 0 spiro atoms. The number of rotatable bonds is 3. The van der Waals surface area contributed by atoms with Crippen LogP contribution in [0, 0.1) is 0 Å². The van der Waals surface area contributed by atoms with Gasteiger partial charge in [-0.1, -0.05) is 30.3 Å². The Balaban J connectivity index is 1.64. The smallest absolute Gasteiger partial charge is 0.0696 e. The summed E-state index contributed by atoms with van der Waals surface area (Å²) in [6.07, 6.45) is 4.76. The topological polar surface area (TPSA) is 20.2 Å². The molecule has 3 rings (SSSR count). The normalized spacial score (nSPS) is 26.6. The SMILES string of the molecule is OC1(Cc2sccc2Br)CCC(c2ccccc2)CC1. The monoisotopic (exact) mass is 350 g/mol. The molecule has 0 bridgehead atoms. The molecule has 0 unspecified atom stereocenters. The third-order valence-corrected chi connectivity index (χ3v) is 6.29. The molecule has 1 nitrogen and oxygen atoms in total. The lowest BCUT2D eigenvalue weighted by Gasteiger charge is -2.36. The Kier molecular flexibility index (Phi) is 4.29. The second-order valence-corrected chi connectivity index (χ2v) is 7.63. The number of aliphatic hydroxyl groups is 1. The van der Waals surface area contributed by atoms with E-state index in [0.717, 1.165) is 36.6 Å². The van der Waals surface area contributed by atoms with Crippen LogP contribution in [0.1, 0.15) is 42.0 Å². The van der Waals surface area contributed by atoms with Crippen molar-refractivity contribution in [2.45, 2.75) is 43.6 Å². The van der Waals surface area contributed by atoms with Crippen LogP contribution in [0.3, 0.4) is 0 Å². The van der Waals surface area contributed by atoms with Gasteiger partial charge in [-0.05, 0) is 64.5 Å². The molecule has 2 aromatic rings. The molecule has 0 amide bonds. The maximum atomic E-state index is 10.8. The number of benzene rings is 1. The van der Waals surface area contributed by atoms with Crippen LogP contribution in [-0.4, -0.2) is 10.7 Å². The summed E-state index contributed by atoms with van der Waals surface area (Å²) >= 11 is 5.30. The van der Waals surface area contributed by atoms with Crippen molar-refractivity contribution < 1.29 is 5.11 Å². The lowest BCUT2D eigenvalue weighted by molar-refractivity contribution is 0.000103. The largest absolute Gasteiger partial charge is 0.390 e. The van der Waals surface area contributed by atoms with Crippen molar-refractivity contribution in [2.75, 3.05) is 0 Å². The third kappa shape index (κ3) is 3.16. The summed E-state index contributed by atoms with van der Waals surface area (Å²) in [5.74, 6) is 0.614. The first-order valence-corrected chi connectivity index (χ1v) is 8.83. The van der Waals surface area contributed by atoms with E-state index in [9.17, 15) is 5.11 Å². The molecule has 1 aliphatic rings. The fourth-order valence-corrected chi connectivity index (χ4v) is 4.77. The predicted octanol–water partition coefficient (Wildman–Crippen LogP) is 5.14. The molecular weight excluding hydrogens is 332 g/mol. The van der Waals surface area contributed by atoms with Crippen molar-refractivity contribution in [3.05, 3.63) is 56.7 Å². The van der Waals surface area contributed by atoms with Gasteiger partial charge in [0.25, 0.3) is 0 Å². The van der Waals surface area contributed by atoms with Gasteiger partial charge in [-0.15, -0.1) is 11.3 Å². The van der Waals surface area contributed by atoms with Crippen molar-refractivity contribution in [3.8, 4) is 0 Å². The van der Waals surface area contributed by atoms with Crippen molar-refractivity contribution >= 4 is 27.3 Å². The molecule has 1 fully saturated rings. The Morgan fingerprint density at radius 1 is 1.15 bits per heavy atom. The molecular formula is C17H19BrOS. The first-order valence-electron chi connectivity index (χ1n) is 7.15. The molecule has 1 aromatic heterocycles.